The molecule has 1 aromatic heterocycles. The predicted octanol–water partition coefficient (Wildman–Crippen LogP) is 3.00. The van der Waals surface area contributed by atoms with Crippen molar-refractivity contribution in [3.63, 3.8) is 0 Å². The van der Waals surface area contributed by atoms with Crippen LogP contribution in [0.5, 0.6) is 0 Å². The van der Waals surface area contributed by atoms with Gasteiger partial charge in [0.05, 0.1) is 11.9 Å². The summed E-state index contributed by atoms with van der Waals surface area (Å²) in [5, 5.41) is 7.89. The highest BCUT2D eigenvalue weighted by atomic mass is 19.1. The van der Waals surface area contributed by atoms with Gasteiger partial charge in [0.1, 0.15) is 5.82 Å². The zero-order valence-corrected chi connectivity index (χ0v) is 11.8. The molecule has 0 bridgehead atoms. The predicted molar refractivity (Wildman–Crippen MR) is 77.6 cm³/mol. The molecular weight excluding hydrogens is 253 g/mol. The molecule has 2 aromatic rings. The average molecular weight is 273 g/mol. The molecule has 20 heavy (non-hydrogen) atoms. The number of nitrogens with one attached hydrogen (secondary N) is 1. The maximum Gasteiger partial charge on any atom is 0.123 e. The van der Waals surface area contributed by atoms with Crippen LogP contribution in [-0.2, 0) is 6.42 Å². The SMILES string of the molecule is Cc1cc(F)ccc1-n1cc(CCCNC2CC2)cn1. The van der Waals surface area contributed by atoms with Crippen molar-refractivity contribution >= 4 is 0 Å². The van der Waals surface area contributed by atoms with Crippen LogP contribution in [0.3, 0.4) is 0 Å². The minimum atomic E-state index is -0.204. The summed E-state index contributed by atoms with van der Waals surface area (Å²) in [6, 6.07) is 5.56. The van der Waals surface area contributed by atoms with Crippen LogP contribution in [0.25, 0.3) is 5.69 Å². The van der Waals surface area contributed by atoms with Gasteiger partial charge in [-0.1, -0.05) is 0 Å². The third-order valence-corrected chi connectivity index (χ3v) is 3.69. The Balaban J connectivity index is 1.60. The molecule has 1 aliphatic rings. The van der Waals surface area contributed by atoms with E-state index in [0.29, 0.717) is 0 Å². The fourth-order valence-electron chi connectivity index (χ4n) is 2.38. The minimum Gasteiger partial charge on any atom is -0.314 e. The number of aromatic nitrogens is 2. The number of benzene rings is 1. The fourth-order valence-corrected chi connectivity index (χ4v) is 2.38. The number of halogens is 1. The topological polar surface area (TPSA) is 29.9 Å². The molecule has 1 aromatic carbocycles. The van der Waals surface area contributed by atoms with Crippen LogP contribution in [0.15, 0.2) is 30.6 Å². The third kappa shape index (κ3) is 3.25. The molecule has 106 valence electrons. The molecule has 1 N–H and O–H groups in total. The van der Waals surface area contributed by atoms with E-state index in [4.69, 9.17) is 0 Å². The first kappa shape index (κ1) is 13.3. The van der Waals surface area contributed by atoms with Gasteiger partial charge in [-0.05, 0) is 68.5 Å². The van der Waals surface area contributed by atoms with Crippen LogP contribution in [-0.4, -0.2) is 22.4 Å². The normalized spacial score (nSPS) is 14.7. The van der Waals surface area contributed by atoms with Crippen LogP contribution in [0.2, 0.25) is 0 Å². The van der Waals surface area contributed by atoms with Crippen molar-refractivity contribution in [1.29, 1.82) is 0 Å². The molecule has 0 saturated heterocycles. The summed E-state index contributed by atoms with van der Waals surface area (Å²) in [5.74, 6) is -0.204. The highest BCUT2D eigenvalue weighted by molar-refractivity contribution is 5.40. The van der Waals surface area contributed by atoms with E-state index in [1.54, 1.807) is 6.07 Å². The van der Waals surface area contributed by atoms with Crippen LogP contribution >= 0.6 is 0 Å². The lowest BCUT2D eigenvalue weighted by atomic mass is 10.2. The van der Waals surface area contributed by atoms with E-state index >= 15 is 0 Å². The summed E-state index contributed by atoms with van der Waals surface area (Å²) in [7, 11) is 0. The van der Waals surface area contributed by atoms with Gasteiger partial charge in [0.25, 0.3) is 0 Å². The second kappa shape index (κ2) is 5.75. The van der Waals surface area contributed by atoms with Crippen LogP contribution < -0.4 is 5.32 Å². The fraction of sp³-hybridized carbons (Fsp3) is 0.438. The lowest BCUT2D eigenvalue weighted by molar-refractivity contribution is 0.625. The summed E-state index contributed by atoms with van der Waals surface area (Å²) < 4.78 is 14.9. The molecule has 3 nitrogen and oxygen atoms in total. The van der Waals surface area contributed by atoms with Gasteiger partial charge in [0.2, 0.25) is 0 Å². The third-order valence-electron chi connectivity index (χ3n) is 3.69. The van der Waals surface area contributed by atoms with E-state index in [0.717, 1.165) is 36.7 Å². The van der Waals surface area contributed by atoms with Crippen LogP contribution in [0, 0.1) is 12.7 Å². The van der Waals surface area contributed by atoms with Gasteiger partial charge in [-0.25, -0.2) is 9.07 Å². The van der Waals surface area contributed by atoms with Gasteiger partial charge in [-0.2, -0.15) is 5.10 Å². The molecule has 0 amide bonds. The van der Waals surface area contributed by atoms with E-state index in [1.807, 2.05) is 24.0 Å². The molecule has 0 spiro atoms. The molecule has 0 aliphatic heterocycles. The van der Waals surface area contributed by atoms with Gasteiger partial charge >= 0.3 is 0 Å². The van der Waals surface area contributed by atoms with E-state index in [-0.39, 0.29) is 5.82 Å². The van der Waals surface area contributed by atoms with Gasteiger partial charge in [-0.3, -0.25) is 0 Å². The summed E-state index contributed by atoms with van der Waals surface area (Å²) in [5.41, 5.74) is 3.06. The number of hydrogen-bond acceptors (Lipinski definition) is 2. The average Bonchev–Trinajstić information content (AvgIpc) is 3.13. The van der Waals surface area contributed by atoms with E-state index in [9.17, 15) is 4.39 Å². The largest absolute Gasteiger partial charge is 0.314 e. The molecule has 3 rings (SSSR count). The molecule has 4 heteroatoms. The number of aryl methyl sites for hydroxylation is 2. The Morgan fingerprint density at radius 1 is 1.40 bits per heavy atom. The van der Waals surface area contributed by atoms with Crippen molar-refractivity contribution < 1.29 is 4.39 Å². The maximum atomic E-state index is 13.1. The Hall–Kier alpha value is -1.68. The van der Waals surface area contributed by atoms with E-state index < -0.39 is 0 Å². The molecular formula is C16H20FN3. The van der Waals surface area contributed by atoms with Gasteiger partial charge in [0.15, 0.2) is 0 Å². The lowest BCUT2D eigenvalue weighted by Crippen LogP contribution is -2.17. The molecule has 1 aliphatic carbocycles. The van der Waals surface area contributed by atoms with E-state index in [1.165, 1.54) is 30.5 Å². The van der Waals surface area contributed by atoms with Gasteiger partial charge in [-0.15, -0.1) is 0 Å². The summed E-state index contributed by atoms with van der Waals surface area (Å²) in [4.78, 5) is 0. The monoisotopic (exact) mass is 273 g/mol. The standard InChI is InChI=1S/C16H20FN3/c1-12-9-14(17)4-7-16(12)20-11-13(10-19-20)3-2-8-18-15-5-6-15/h4,7,9-11,15,18H,2-3,5-6,8H2,1H3. The zero-order valence-electron chi connectivity index (χ0n) is 11.8. The Kier molecular flexibility index (Phi) is 3.83. The molecule has 1 fully saturated rings. The summed E-state index contributed by atoms with van der Waals surface area (Å²) in [6.45, 7) is 2.98. The Morgan fingerprint density at radius 2 is 2.25 bits per heavy atom. The smallest absolute Gasteiger partial charge is 0.123 e. The highest BCUT2D eigenvalue weighted by Crippen LogP contribution is 2.18. The quantitative estimate of drug-likeness (QED) is 0.820. The van der Waals surface area contributed by atoms with Gasteiger partial charge in [0, 0.05) is 12.2 Å². The highest BCUT2D eigenvalue weighted by Gasteiger charge is 2.19. The first-order valence-corrected chi connectivity index (χ1v) is 7.26. The first-order chi connectivity index (χ1) is 9.72. The number of rotatable bonds is 6. The number of hydrogen-bond donors (Lipinski definition) is 1. The molecule has 1 saturated carbocycles. The van der Waals surface area contributed by atoms with Crippen LogP contribution in [0.4, 0.5) is 4.39 Å². The van der Waals surface area contributed by atoms with Crippen molar-refractivity contribution in [2.24, 2.45) is 0 Å². The molecule has 0 radical (unpaired) electrons. The summed E-state index contributed by atoms with van der Waals surface area (Å²) >= 11 is 0. The molecule has 0 unspecified atom stereocenters. The van der Waals surface area contributed by atoms with E-state index in [2.05, 4.69) is 10.4 Å². The molecule has 0 atom stereocenters. The van der Waals surface area contributed by atoms with Crippen molar-refractivity contribution in [2.75, 3.05) is 6.54 Å². The maximum absolute atomic E-state index is 13.1. The minimum absolute atomic E-state index is 0.204. The Labute approximate surface area is 118 Å². The van der Waals surface area contributed by atoms with Crippen molar-refractivity contribution in [3.8, 4) is 5.69 Å². The zero-order chi connectivity index (χ0) is 13.9. The second-order valence-corrected chi connectivity index (χ2v) is 5.56. The summed E-state index contributed by atoms with van der Waals surface area (Å²) in [6.07, 6.45) is 8.77. The Morgan fingerprint density at radius 3 is 3.00 bits per heavy atom. The van der Waals surface area contributed by atoms with Crippen molar-refractivity contribution in [2.45, 2.75) is 38.6 Å². The second-order valence-electron chi connectivity index (χ2n) is 5.56. The van der Waals surface area contributed by atoms with Crippen molar-refractivity contribution in [3.05, 3.63) is 47.5 Å². The van der Waals surface area contributed by atoms with Gasteiger partial charge < -0.3 is 5.32 Å². The number of nitrogens with zero attached hydrogens (tertiary/aromatic N) is 2. The lowest BCUT2D eigenvalue weighted by Gasteiger charge is -2.05. The van der Waals surface area contributed by atoms with Crippen molar-refractivity contribution in [1.82, 2.24) is 15.1 Å². The Bertz CT molecular complexity index is 587. The molecule has 1 heterocycles. The van der Waals surface area contributed by atoms with Crippen LogP contribution in [0.1, 0.15) is 30.4 Å². The first-order valence-electron chi connectivity index (χ1n) is 7.26.